The van der Waals surface area contributed by atoms with E-state index in [0.717, 1.165) is 12.1 Å². The zero-order valence-corrected chi connectivity index (χ0v) is 22.4. The average Bonchev–Trinajstić information content (AvgIpc) is 3.11. The van der Waals surface area contributed by atoms with Crippen LogP contribution in [0.4, 0.5) is 23.7 Å². The average molecular weight is 613 g/mol. The molecule has 8 nitrogen and oxygen atoms in total. The second-order valence-corrected chi connectivity index (χ2v) is 9.32. The molecule has 1 heterocycles. The van der Waals surface area contributed by atoms with Gasteiger partial charge in [-0.05, 0) is 60.7 Å². The van der Waals surface area contributed by atoms with E-state index in [2.05, 4.69) is 27.2 Å². The van der Waals surface area contributed by atoms with Gasteiger partial charge in [-0.2, -0.15) is 13.2 Å². The van der Waals surface area contributed by atoms with E-state index in [0.29, 0.717) is 50.9 Å². The number of terminal acetylenes is 1. The Kier molecular flexibility index (Phi) is 9.35. The second-order valence-electron chi connectivity index (χ2n) is 7.48. The quantitative estimate of drug-likeness (QED) is 0.292. The molecule has 1 saturated heterocycles. The summed E-state index contributed by atoms with van der Waals surface area (Å²) in [4.78, 5) is 38.7. The molecule has 0 aromatic heterocycles. The largest absolute Gasteiger partial charge is 0.495 e. The lowest BCUT2D eigenvalue weighted by molar-refractivity contribution is -0.137. The summed E-state index contributed by atoms with van der Waals surface area (Å²) in [5.74, 6) is 1.44. The Morgan fingerprint density at radius 1 is 1.18 bits per heavy atom. The van der Waals surface area contributed by atoms with Gasteiger partial charge in [-0.15, -0.1) is 6.42 Å². The number of methoxy groups -OCH3 is 1. The lowest BCUT2D eigenvalue weighted by atomic mass is 10.1. The van der Waals surface area contributed by atoms with Crippen molar-refractivity contribution < 1.29 is 41.8 Å². The molecule has 0 saturated carbocycles. The summed E-state index contributed by atoms with van der Waals surface area (Å²) < 4.78 is 55.8. The molecular formula is C25H20BrF3N2O6S. The Hall–Kier alpha value is -3.63. The summed E-state index contributed by atoms with van der Waals surface area (Å²) >= 11 is 4.00. The van der Waals surface area contributed by atoms with E-state index in [1.165, 1.54) is 13.2 Å². The highest BCUT2D eigenvalue weighted by atomic mass is 79.9. The van der Waals surface area contributed by atoms with Crippen molar-refractivity contribution in [3.63, 3.8) is 0 Å². The fourth-order valence-electron chi connectivity index (χ4n) is 3.25. The third-order valence-electron chi connectivity index (χ3n) is 4.94. The molecule has 1 N–H and O–H groups in total. The molecule has 1 aliphatic heterocycles. The maximum absolute atomic E-state index is 13.1. The van der Waals surface area contributed by atoms with Crippen molar-refractivity contribution in [1.29, 1.82) is 0 Å². The number of halogens is 4. The molecule has 0 radical (unpaired) electrons. The maximum Gasteiger partial charge on any atom is 0.416 e. The van der Waals surface area contributed by atoms with Crippen molar-refractivity contribution >= 4 is 56.5 Å². The molecule has 1 fully saturated rings. The maximum atomic E-state index is 13.1. The van der Waals surface area contributed by atoms with Gasteiger partial charge in [0.2, 0.25) is 5.91 Å². The van der Waals surface area contributed by atoms with Gasteiger partial charge in [0.25, 0.3) is 11.1 Å². The van der Waals surface area contributed by atoms with E-state index < -0.39 is 35.3 Å². The zero-order chi connectivity index (χ0) is 28.0. The Morgan fingerprint density at radius 2 is 1.89 bits per heavy atom. The summed E-state index contributed by atoms with van der Waals surface area (Å²) in [5.41, 5.74) is -0.769. The van der Waals surface area contributed by atoms with Crippen LogP contribution in [0.1, 0.15) is 18.1 Å². The first-order valence-corrected chi connectivity index (χ1v) is 12.4. The third-order valence-corrected chi connectivity index (χ3v) is 6.53. The Morgan fingerprint density at radius 3 is 2.53 bits per heavy atom. The highest BCUT2D eigenvalue weighted by Crippen LogP contribution is 2.39. The molecule has 0 spiro atoms. The van der Waals surface area contributed by atoms with Crippen molar-refractivity contribution in [3.8, 4) is 29.6 Å². The molecule has 13 heteroatoms. The molecular weight excluding hydrogens is 593 g/mol. The van der Waals surface area contributed by atoms with Crippen LogP contribution in [0, 0.1) is 12.3 Å². The minimum Gasteiger partial charge on any atom is -0.495 e. The Bertz CT molecular complexity index is 1340. The molecule has 38 heavy (non-hydrogen) atoms. The molecule has 2 aromatic carbocycles. The third kappa shape index (κ3) is 6.81. The lowest BCUT2D eigenvalue weighted by Crippen LogP contribution is -2.36. The molecule has 0 unspecified atom stereocenters. The number of hydrogen-bond acceptors (Lipinski definition) is 7. The van der Waals surface area contributed by atoms with E-state index >= 15 is 0 Å². The molecule has 200 valence electrons. The molecule has 3 rings (SSSR count). The van der Waals surface area contributed by atoms with Gasteiger partial charge in [-0.3, -0.25) is 19.3 Å². The minimum absolute atomic E-state index is 0.0131. The van der Waals surface area contributed by atoms with E-state index in [-0.39, 0.29) is 22.9 Å². The lowest BCUT2D eigenvalue weighted by Gasteiger charge is -2.16. The number of alkyl halides is 3. The second kappa shape index (κ2) is 12.3. The van der Waals surface area contributed by atoms with Crippen LogP contribution in [0.25, 0.3) is 6.08 Å². The fraction of sp³-hybridized carbons (Fsp3) is 0.240. The van der Waals surface area contributed by atoms with Crippen molar-refractivity contribution in [3.05, 3.63) is 50.8 Å². The number of anilines is 1. The van der Waals surface area contributed by atoms with Crippen LogP contribution in [-0.2, 0) is 15.8 Å². The van der Waals surface area contributed by atoms with Crippen LogP contribution >= 0.6 is 27.7 Å². The number of imide groups is 1. The summed E-state index contributed by atoms with van der Waals surface area (Å²) in [7, 11) is 1.22. The number of hydrogen-bond donors (Lipinski definition) is 1. The van der Waals surface area contributed by atoms with E-state index in [1.807, 2.05) is 0 Å². The summed E-state index contributed by atoms with van der Waals surface area (Å²) in [6, 6.07) is 5.76. The minimum atomic E-state index is -4.65. The van der Waals surface area contributed by atoms with Crippen LogP contribution in [0.2, 0.25) is 0 Å². The summed E-state index contributed by atoms with van der Waals surface area (Å²) in [6.07, 6.45) is 2.03. The van der Waals surface area contributed by atoms with Crippen LogP contribution in [0.5, 0.6) is 17.2 Å². The van der Waals surface area contributed by atoms with Crippen molar-refractivity contribution in [2.24, 2.45) is 0 Å². The number of nitrogens with zero attached hydrogens (tertiary/aromatic N) is 1. The van der Waals surface area contributed by atoms with Crippen LogP contribution in [0.15, 0.2) is 39.7 Å². The van der Waals surface area contributed by atoms with E-state index in [4.69, 9.17) is 20.6 Å². The number of benzene rings is 2. The monoisotopic (exact) mass is 612 g/mol. The Labute approximate surface area is 228 Å². The van der Waals surface area contributed by atoms with Gasteiger partial charge in [-0.1, -0.05) is 21.9 Å². The van der Waals surface area contributed by atoms with Gasteiger partial charge in [0.05, 0.1) is 29.9 Å². The number of rotatable bonds is 9. The van der Waals surface area contributed by atoms with Gasteiger partial charge in [0.1, 0.15) is 18.9 Å². The van der Waals surface area contributed by atoms with Gasteiger partial charge < -0.3 is 19.5 Å². The van der Waals surface area contributed by atoms with Gasteiger partial charge in [0, 0.05) is 4.47 Å². The summed E-state index contributed by atoms with van der Waals surface area (Å²) in [6.45, 7) is 1.40. The first-order chi connectivity index (χ1) is 18.0. The molecule has 3 amide bonds. The normalized spacial score (nSPS) is 14.4. The van der Waals surface area contributed by atoms with Crippen molar-refractivity contribution in [2.75, 3.05) is 32.2 Å². The predicted molar refractivity (Wildman–Crippen MR) is 139 cm³/mol. The number of thioether (sulfide) groups is 1. The van der Waals surface area contributed by atoms with E-state index in [1.54, 1.807) is 19.1 Å². The van der Waals surface area contributed by atoms with Gasteiger partial charge in [0.15, 0.2) is 11.5 Å². The number of amides is 3. The number of ether oxygens (including phenoxy) is 3. The van der Waals surface area contributed by atoms with E-state index in [9.17, 15) is 27.6 Å². The predicted octanol–water partition coefficient (Wildman–Crippen LogP) is 5.56. The summed E-state index contributed by atoms with van der Waals surface area (Å²) in [5, 5.41) is 1.55. The first-order valence-electron chi connectivity index (χ1n) is 10.8. The highest BCUT2D eigenvalue weighted by Gasteiger charge is 2.37. The van der Waals surface area contributed by atoms with Gasteiger partial charge >= 0.3 is 6.18 Å². The standard InChI is InChI=1S/C25H20BrF3N2O6S/c1-4-8-37-20-12-16(26)14(9-19(20)36-5-2)10-21-23(33)31(24(34)38-21)13-22(32)30-17-11-15(25(27,28)29)6-7-18(17)35-3/h1,6-7,9-12H,5,8,13H2,2-3H3,(H,30,32)/b21-10-. The number of nitrogens with one attached hydrogen (secondary N) is 1. The Balaban J connectivity index is 1.80. The highest BCUT2D eigenvalue weighted by molar-refractivity contribution is 9.10. The van der Waals surface area contributed by atoms with Gasteiger partial charge in [-0.25, -0.2) is 0 Å². The SMILES string of the molecule is C#CCOc1cc(Br)c(/C=C2\SC(=O)N(CC(=O)Nc3cc(C(F)(F)F)ccc3OC)C2=O)cc1OCC. The van der Waals surface area contributed by atoms with Crippen molar-refractivity contribution in [1.82, 2.24) is 4.90 Å². The molecule has 0 atom stereocenters. The molecule has 0 aliphatic carbocycles. The first kappa shape index (κ1) is 28.9. The topological polar surface area (TPSA) is 94.2 Å². The number of carbonyl (C=O) groups is 3. The van der Waals surface area contributed by atoms with Crippen molar-refractivity contribution in [2.45, 2.75) is 13.1 Å². The van der Waals surface area contributed by atoms with Crippen LogP contribution < -0.4 is 19.5 Å². The van der Waals surface area contributed by atoms with Crippen LogP contribution in [-0.4, -0.2) is 48.8 Å². The molecule has 1 aliphatic rings. The molecule has 0 bridgehead atoms. The van der Waals surface area contributed by atoms with Crippen LogP contribution in [0.3, 0.4) is 0 Å². The number of carbonyl (C=O) groups excluding carboxylic acids is 3. The fourth-order valence-corrected chi connectivity index (χ4v) is 4.52. The zero-order valence-electron chi connectivity index (χ0n) is 20.0. The smallest absolute Gasteiger partial charge is 0.416 e. The molecule has 2 aromatic rings.